The summed E-state index contributed by atoms with van der Waals surface area (Å²) in [6, 6.07) is 13.8. The summed E-state index contributed by atoms with van der Waals surface area (Å²) in [6.07, 6.45) is 3.52. The zero-order chi connectivity index (χ0) is 24.2. The maximum Gasteiger partial charge on any atom is 0.311 e. The van der Waals surface area contributed by atoms with Crippen molar-refractivity contribution in [2.75, 3.05) is 7.11 Å². The van der Waals surface area contributed by atoms with Crippen LogP contribution in [0.25, 0.3) is 5.69 Å². The van der Waals surface area contributed by atoms with Gasteiger partial charge in [0.2, 0.25) is 5.78 Å². The van der Waals surface area contributed by atoms with Crippen molar-refractivity contribution in [3.8, 4) is 11.4 Å². The largest absolute Gasteiger partial charge is 0.497 e. The number of fused-ring (bicyclic) bond motifs is 1. The second-order valence-corrected chi connectivity index (χ2v) is 7.99. The van der Waals surface area contributed by atoms with Gasteiger partial charge >= 0.3 is 5.97 Å². The number of hydrogen-bond acceptors (Lipinski definition) is 7. The molecule has 0 aliphatic heterocycles. The van der Waals surface area contributed by atoms with E-state index in [1.54, 1.807) is 62.2 Å². The number of carbonyl (C=O) groups excluding carboxylic acids is 3. The Morgan fingerprint density at radius 2 is 1.68 bits per heavy atom. The van der Waals surface area contributed by atoms with Crippen LogP contribution in [0.15, 0.2) is 77.7 Å². The third-order valence-corrected chi connectivity index (χ3v) is 5.22. The van der Waals surface area contributed by atoms with Gasteiger partial charge in [-0.25, -0.2) is 4.68 Å². The minimum Gasteiger partial charge on any atom is -0.497 e. The molecule has 172 valence electrons. The van der Waals surface area contributed by atoms with Crippen molar-refractivity contribution in [3.05, 3.63) is 94.5 Å². The number of ether oxygens (including phenoxy) is 2. The topological polar surface area (TPSA) is 100 Å². The number of allylic oxidation sites excluding steroid dienone is 4. The molecule has 0 bridgehead atoms. The number of Topliss-reactive ketones (excluding diaryl/α,β-unsaturated/α-hetero) is 2. The molecule has 8 nitrogen and oxygen atoms in total. The molecule has 0 spiro atoms. The number of aromatic nitrogens is 3. The van der Waals surface area contributed by atoms with Crippen molar-refractivity contribution in [2.24, 2.45) is 0 Å². The van der Waals surface area contributed by atoms with Crippen LogP contribution in [0.5, 0.6) is 5.75 Å². The number of benzene rings is 2. The summed E-state index contributed by atoms with van der Waals surface area (Å²) >= 11 is 0. The number of aryl methyl sites for hydroxylation is 1. The molecule has 1 aliphatic carbocycles. The fourth-order valence-electron chi connectivity index (χ4n) is 3.56. The Morgan fingerprint density at radius 3 is 2.32 bits per heavy atom. The molecule has 2 aromatic carbocycles. The number of ketones is 2. The van der Waals surface area contributed by atoms with E-state index in [0.717, 1.165) is 17.0 Å². The van der Waals surface area contributed by atoms with Crippen molar-refractivity contribution in [1.82, 2.24) is 15.0 Å². The summed E-state index contributed by atoms with van der Waals surface area (Å²) < 4.78 is 12.2. The van der Waals surface area contributed by atoms with Crippen LogP contribution in [-0.2, 0) is 16.0 Å². The fourth-order valence-corrected chi connectivity index (χ4v) is 3.56. The van der Waals surface area contributed by atoms with Gasteiger partial charge in [0.1, 0.15) is 5.75 Å². The lowest BCUT2D eigenvalue weighted by atomic mass is 9.87. The Bertz CT molecular complexity index is 1330. The third kappa shape index (κ3) is 4.71. The van der Waals surface area contributed by atoms with Crippen LogP contribution in [0.2, 0.25) is 0 Å². The second kappa shape index (κ2) is 9.66. The van der Waals surface area contributed by atoms with Gasteiger partial charge in [-0.05, 0) is 44.2 Å². The van der Waals surface area contributed by atoms with Crippen LogP contribution in [0.1, 0.15) is 46.7 Å². The smallest absolute Gasteiger partial charge is 0.311 e. The number of carbonyl (C=O) groups is 3. The average molecular weight is 457 g/mol. The van der Waals surface area contributed by atoms with E-state index in [2.05, 4.69) is 10.3 Å². The molecule has 0 saturated carbocycles. The quantitative estimate of drug-likeness (QED) is 0.493. The van der Waals surface area contributed by atoms with Crippen LogP contribution in [0.3, 0.4) is 0 Å². The Hall–Kier alpha value is -4.33. The van der Waals surface area contributed by atoms with Crippen molar-refractivity contribution in [3.63, 3.8) is 0 Å². The minimum absolute atomic E-state index is 0.0317. The fraction of sp³-hybridized carbons (Fsp3) is 0.192. The second-order valence-electron chi connectivity index (χ2n) is 7.99. The van der Waals surface area contributed by atoms with E-state index in [0.29, 0.717) is 11.3 Å². The Kier molecular flexibility index (Phi) is 6.49. The Morgan fingerprint density at radius 1 is 1.00 bits per heavy atom. The van der Waals surface area contributed by atoms with Crippen LogP contribution in [0.4, 0.5) is 0 Å². The molecule has 3 aromatic rings. The lowest BCUT2D eigenvalue weighted by Gasteiger charge is -2.19. The van der Waals surface area contributed by atoms with Crippen LogP contribution in [-0.4, -0.2) is 39.6 Å². The maximum atomic E-state index is 13.0. The first-order valence-corrected chi connectivity index (χ1v) is 10.7. The average Bonchev–Trinajstić information content (AvgIpc) is 3.32. The first-order chi connectivity index (χ1) is 16.4. The summed E-state index contributed by atoms with van der Waals surface area (Å²) in [5, 5.41) is 8.18. The molecule has 0 amide bonds. The predicted octanol–water partition coefficient (Wildman–Crippen LogP) is 4.05. The number of esters is 1. The van der Waals surface area contributed by atoms with E-state index in [1.165, 1.54) is 0 Å². The number of methoxy groups -OCH3 is 1. The van der Waals surface area contributed by atoms with Crippen molar-refractivity contribution >= 4 is 17.5 Å². The van der Waals surface area contributed by atoms with Gasteiger partial charge in [0.05, 0.1) is 36.7 Å². The standard InChI is InChI=1S/C26H23N3O5/c1-16(2)14-22-24(31)20-6-4-5-7-21(20)25(32)26(22)34-23(30)13-8-17-15-29(28-27-17)18-9-11-19(33-3)12-10-18/h4-7,9-12,14-15H,8,13H2,1-3H3. The summed E-state index contributed by atoms with van der Waals surface area (Å²) in [6.45, 7) is 3.60. The highest BCUT2D eigenvalue weighted by molar-refractivity contribution is 6.27. The molecule has 1 aliphatic rings. The molecule has 1 aromatic heterocycles. The normalized spacial score (nSPS) is 12.9. The molecule has 4 rings (SSSR count). The molecule has 0 unspecified atom stereocenters. The summed E-state index contributed by atoms with van der Waals surface area (Å²) in [5.74, 6) is -0.971. The zero-order valence-electron chi connectivity index (χ0n) is 19.1. The van der Waals surface area contributed by atoms with Crippen LogP contribution < -0.4 is 4.74 Å². The van der Waals surface area contributed by atoms with E-state index < -0.39 is 11.8 Å². The van der Waals surface area contributed by atoms with Crippen LogP contribution >= 0.6 is 0 Å². The molecule has 0 atom stereocenters. The van der Waals surface area contributed by atoms with Gasteiger partial charge < -0.3 is 9.47 Å². The highest BCUT2D eigenvalue weighted by Crippen LogP contribution is 2.29. The summed E-state index contributed by atoms with van der Waals surface area (Å²) in [7, 11) is 1.59. The van der Waals surface area contributed by atoms with Crippen molar-refractivity contribution < 1.29 is 23.9 Å². The van der Waals surface area contributed by atoms with Gasteiger partial charge in [-0.1, -0.05) is 35.1 Å². The van der Waals surface area contributed by atoms with Gasteiger partial charge in [0.15, 0.2) is 11.5 Å². The Balaban J connectivity index is 1.48. The van der Waals surface area contributed by atoms with Crippen molar-refractivity contribution in [2.45, 2.75) is 26.7 Å². The SMILES string of the molecule is COc1ccc(-n2cc(CCC(=O)OC3=C(C=C(C)C)C(=O)c4ccccc4C3=O)nn2)cc1. The monoisotopic (exact) mass is 457 g/mol. The molecule has 0 saturated heterocycles. The number of hydrogen-bond donors (Lipinski definition) is 0. The van der Waals surface area contributed by atoms with Gasteiger partial charge in [0.25, 0.3) is 0 Å². The highest BCUT2D eigenvalue weighted by Gasteiger charge is 2.33. The molecular weight excluding hydrogens is 434 g/mol. The lowest BCUT2D eigenvalue weighted by molar-refractivity contribution is -0.139. The van der Waals surface area contributed by atoms with E-state index >= 15 is 0 Å². The highest BCUT2D eigenvalue weighted by atomic mass is 16.5. The summed E-state index contributed by atoms with van der Waals surface area (Å²) in [5.41, 5.74) is 2.80. The first-order valence-electron chi connectivity index (χ1n) is 10.7. The predicted molar refractivity (Wildman–Crippen MR) is 124 cm³/mol. The van der Waals surface area contributed by atoms with Gasteiger partial charge in [-0.15, -0.1) is 5.10 Å². The van der Waals surface area contributed by atoms with Gasteiger partial charge in [0, 0.05) is 17.5 Å². The number of nitrogens with zero attached hydrogens (tertiary/aromatic N) is 3. The lowest BCUT2D eigenvalue weighted by Crippen LogP contribution is -2.24. The molecule has 0 fully saturated rings. The molecule has 8 heteroatoms. The third-order valence-electron chi connectivity index (χ3n) is 5.22. The summed E-state index contributed by atoms with van der Waals surface area (Å²) in [4.78, 5) is 38.6. The Labute approximate surface area is 196 Å². The molecule has 0 radical (unpaired) electrons. The zero-order valence-corrected chi connectivity index (χ0v) is 19.1. The van der Waals surface area contributed by atoms with Gasteiger partial charge in [-0.2, -0.15) is 0 Å². The first kappa shape index (κ1) is 22.8. The van der Waals surface area contributed by atoms with Crippen molar-refractivity contribution in [1.29, 1.82) is 0 Å². The molecule has 0 N–H and O–H groups in total. The maximum absolute atomic E-state index is 13.0. The van der Waals surface area contributed by atoms with E-state index in [1.807, 2.05) is 24.3 Å². The van der Waals surface area contributed by atoms with E-state index in [-0.39, 0.29) is 35.5 Å². The number of rotatable bonds is 7. The van der Waals surface area contributed by atoms with E-state index in [9.17, 15) is 14.4 Å². The minimum atomic E-state index is -0.630. The molecular formula is C26H23N3O5. The van der Waals surface area contributed by atoms with E-state index in [4.69, 9.17) is 9.47 Å². The van der Waals surface area contributed by atoms with Crippen LogP contribution in [0, 0.1) is 0 Å². The van der Waals surface area contributed by atoms with Gasteiger partial charge in [-0.3, -0.25) is 14.4 Å². The molecule has 1 heterocycles. The molecule has 34 heavy (non-hydrogen) atoms.